The van der Waals surface area contributed by atoms with Crippen LogP contribution < -0.4 is 5.32 Å². The Kier molecular flexibility index (Phi) is 5.50. The van der Waals surface area contributed by atoms with Gasteiger partial charge in [0.15, 0.2) is 0 Å². The molecule has 1 aliphatic carbocycles. The predicted molar refractivity (Wildman–Crippen MR) is 139 cm³/mol. The number of benzene rings is 2. The van der Waals surface area contributed by atoms with Crippen molar-refractivity contribution < 1.29 is 4.79 Å². The number of aromatic nitrogens is 1. The number of para-hydroxylation sites is 1. The minimum Gasteiger partial charge on any atom is -0.310 e. The number of rotatable bonds is 3. The number of aryl methyl sites for hydroxylation is 2. The molecule has 4 aromatic rings. The van der Waals surface area contributed by atoms with Gasteiger partial charge in [-0.25, -0.2) is 4.79 Å². The van der Waals surface area contributed by atoms with Gasteiger partial charge in [-0.15, -0.1) is 11.3 Å². The summed E-state index contributed by atoms with van der Waals surface area (Å²) in [6, 6.07) is 22.6. The van der Waals surface area contributed by atoms with E-state index in [1.807, 2.05) is 46.6 Å². The molecule has 0 saturated heterocycles. The van der Waals surface area contributed by atoms with Crippen LogP contribution in [-0.4, -0.2) is 15.5 Å². The highest BCUT2D eigenvalue weighted by Crippen LogP contribution is 2.44. The maximum atomic E-state index is 13.9. The van der Waals surface area contributed by atoms with E-state index in [0.717, 1.165) is 36.2 Å². The van der Waals surface area contributed by atoms with E-state index >= 15 is 0 Å². The average molecular weight is 468 g/mol. The Morgan fingerprint density at radius 3 is 2.56 bits per heavy atom. The third-order valence-electron chi connectivity index (χ3n) is 7.17. The Morgan fingerprint density at radius 2 is 1.76 bits per heavy atom. The van der Waals surface area contributed by atoms with E-state index in [9.17, 15) is 4.79 Å². The number of thiophene rings is 1. The van der Waals surface area contributed by atoms with Gasteiger partial charge in [-0.2, -0.15) is 0 Å². The lowest BCUT2D eigenvalue weighted by molar-refractivity contribution is 0.194. The van der Waals surface area contributed by atoms with E-state index < -0.39 is 0 Å². The molecule has 1 aliphatic heterocycles. The maximum absolute atomic E-state index is 13.9. The molecule has 0 bridgehead atoms. The van der Waals surface area contributed by atoms with Crippen LogP contribution in [0, 0.1) is 0 Å². The van der Waals surface area contributed by atoms with Crippen molar-refractivity contribution >= 4 is 23.1 Å². The highest BCUT2D eigenvalue weighted by Gasteiger charge is 2.36. The third kappa shape index (κ3) is 3.64. The lowest BCUT2D eigenvalue weighted by Gasteiger charge is -2.31. The molecule has 1 N–H and O–H groups in total. The van der Waals surface area contributed by atoms with Crippen molar-refractivity contribution in [2.75, 3.05) is 5.32 Å². The molecule has 0 fully saturated rings. The molecule has 2 aromatic heterocycles. The van der Waals surface area contributed by atoms with E-state index in [1.54, 1.807) is 0 Å². The highest BCUT2D eigenvalue weighted by atomic mass is 32.1. The SMILES string of the molecule is CCc1ccc(C2c3cccn3-c3sc4c(c3CN2C(=O)Nc2ccccc2)CCCC4)cc1. The predicted octanol–water partition coefficient (Wildman–Crippen LogP) is 7.12. The first-order chi connectivity index (χ1) is 16.7. The fraction of sp³-hybridized carbons (Fsp3) is 0.276. The zero-order valence-corrected chi connectivity index (χ0v) is 20.3. The zero-order valence-electron chi connectivity index (χ0n) is 19.5. The maximum Gasteiger partial charge on any atom is 0.322 e. The van der Waals surface area contributed by atoms with Crippen molar-refractivity contribution in [3.8, 4) is 5.00 Å². The van der Waals surface area contributed by atoms with E-state index in [1.165, 1.54) is 39.4 Å². The third-order valence-corrected chi connectivity index (χ3v) is 8.50. The van der Waals surface area contributed by atoms with Gasteiger partial charge in [0.1, 0.15) is 5.00 Å². The van der Waals surface area contributed by atoms with Gasteiger partial charge in [-0.1, -0.05) is 49.4 Å². The smallest absolute Gasteiger partial charge is 0.310 e. The molecule has 1 unspecified atom stereocenters. The van der Waals surface area contributed by atoms with Crippen LogP contribution in [0.25, 0.3) is 5.00 Å². The first-order valence-corrected chi connectivity index (χ1v) is 13.1. The molecule has 0 saturated carbocycles. The largest absolute Gasteiger partial charge is 0.322 e. The molecule has 2 aliphatic rings. The van der Waals surface area contributed by atoms with Crippen LogP contribution >= 0.6 is 11.3 Å². The fourth-order valence-electron chi connectivity index (χ4n) is 5.39. The molecule has 172 valence electrons. The van der Waals surface area contributed by atoms with Gasteiger partial charge in [0.05, 0.1) is 18.3 Å². The van der Waals surface area contributed by atoms with Crippen molar-refractivity contribution in [1.29, 1.82) is 0 Å². The van der Waals surface area contributed by atoms with E-state index in [4.69, 9.17) is 0 Å². The van der Waals surface area contributed by atoms with Crippen LogP contribution in [0.4, 0.5) is 10.5 Å². The number of anilines is 1. The topological polar surface area (TPSA) is 37.3 Å². The molecule has 34 heavy (non-hydrogen) atoms. The summed E-state index contributed by atoms with van der Waals surface area (Å²) in [6.45, 7) is 2.79. The molecule has 4 nitrogen and oxygen atoms in total. The van der Waals surface area contributed by atoms with Gasteiger partial charge in [0.2, 0.25) is 0 Å². The number of fused-ring (bicyclic) bond motifs is 5. The van der Waals surface area contributed by atoms with E-state index in [-0.39, 0.29) is 12.1 Å². The summed E-state index contributed by atoms with van der Waals surface area (Å²) in [6.07, 6.45) is 7.93. The summed E-state index contributed by atoms with van der Waals surface area (Å²) in [5.41, 5.74) is 7.22. The molecule has 0 radical (unpaired) electrons. The Morgan fingerprint density at radius 1 is 0.971 bits per heavy atom. The van der Waals surface area contributed by atoms with Gasteiger partial charge in [-0.05, 0) is 73.1 Å². The minimum atomic E-state index is -0.163. The number of hydrogen-bond acceptors (Lipinski definition) is 2. The lowest BCUT2D eigenvalue weighted by atomic mass is 9.95. The summed E-state index contributed by atoms with van der Waals surface area (Å²) in [5, 5.41) is 4.46. The van der Waals surface area contributed by atoms with Crippen molar-refractivity contribution in [3.63, 3.8) is 0 Å². The summed E-state index contributed by atoms with van der Waals surface area (Å²) in [5.74, 6) is 0. The van der Waals surface area contributed by atoms with Crippen LogP contribution in [0.15, 0.2) is 72.9 Å². The molecule has 5 heteroatoms. The van der Waals surface area contributed by atoms with Crippen molar-refractivity contribution in [1.82, 2.24) is 9.47 Å². The van der Waals surface area contributed by atoms with Crippen LogP contribution in [0.5, 0.6) is 0 Å². The van der Waals surface area contributed by atoms with Crippen LogP contribution in [0.1, 0.15) is 58.6 Å². The molecule has 1 atom stereocenters. The molecule has 2 aromatic carbocycles. The number of carbonyl (C=O) groups is 1. The Labute approximate surface area is 204 Å². The molecule has 0 spiro atoms. The van der Waals surface area contributed by atoms with Crippen LogP contribution in [0.2, 0.25) is 0 Å². The van der Waals surface area contributed by atoms with Crippen LogP contribution in [-0.2, 0) is 25.8 Å². The van der Waals surface area contributed by atoms with Crippen molar-refractivity contribution in [2.24, 2.45) is 0 Å². The first kappa shape index (κ1) is 21.2. The fourth-order valence-corrected chi connectivity index (χ4v) is 6.79. The number of amides is 2. The minimum absolute atomic E-state index is 0.0628. The number of carbonyl (C=O) groups excluding carboxylic acids is 1. The summed E-state index contributed by atoms with van der Waals surface area (Å²) in [4.78, 5) is 17.4. The van der Waals surface area contributed by atoms with Gasteiger partial charge in [0.25, 0.3) is 0 Å². The normalized spacial score (nSPS) is 16.9. The lowest BCUT2D eigenvalue weighted by Crippen LogP contribution is -2.38. The molecule has 2 amide bonds. The standard InChI is InChI=1S/C29H29N3OS/c1-2-20-14-16-21(17-15-20)27-25-12-8-18-31(25)28-24(23-11-6-7-13-26(23)34-28)19-32(27)29(33)30-22-9-4-3-5-10-22/h3-5,8-10,12,14-18,27H,2,6-7,11,13,19H2,1H3,(H,30,33). The number of nitrogens with one attached hydrogen (secondary N) is 1. The van der Waals surface area contributed by atoms with Gasteiger partial charge in [-0.3, -0.25) is 0 Å². The summed E-state index contributed by atoms with van der Waals surface area (Å²) < 4.78 is 2.34. The second kappa shape index (κ2) is 8.80. The second-order valence-electron chi connectivity index (χ2n) is 9.22. The second-order valence-corrected chi connectivity index (χ2v) is 10.3. The number of hydrogen-bond donors (Lipinski definition) is 1. The van der Waals surface area contributed by atoms with Crippen molar-refractivity contribution in [2.45, 2.75) is 51.6 Å². The van der Waals surface area contributed by atoms with Crippen molar-refractivity contribution in [3.05, 3.63) is 106 Å². The monoisotopic (exact) mass is 467 g/mol. The highest BCUT2D eigenvalue weighted by molar-refractivity contribution is 7.15. The Balaban J connectivity index is 1.49. The van der Waals surface area contributed by atoms with Crippen LogP contribution in [0.3, 0.4) is 0 Å². The van der Waals surface area contributed by atoms with Gasteiger partial charge < -0.3 is 14.8 Å². The molecule has 6 rings (SSSR count). The Bertz CT molecular complexity index is 1320. The van der Waals surface area contributed by atoms with E-state index in [0.29, 0.717) is 6.54 Å². The number of nitrogens with zero attached hydrogens (tertiary/aromatic N) is 2. The molecule has 3 heterocycles. The molecular weight excluding hydrogens is 438 g/mol. The number of urea groups is 1. The first-order valence-electron chi connectivity index (χ1n) is 12.3. The zero-order chi connectivity index (χ0) is 23.1. The summed E-state index contributed by atoms with van der Waals surface area (Å²) in [7, 11) is 0. The van der Waals surface area contributed by atoms with Gasteiger partial charge >= 0.3 is 6.03 Å². The Hall–Kier alpha value is -3.31. The summed E-state index contributed by atoms with van der Waals surface area (Å²) >= 11 is 1.92. The van der Waals surface area contributed by atoms with Gasteiger partial charge in [0, 0.05) is 22.3 Å². The van der Waals surface area contributed by atoms with E-state index in [2.05, 4.69) is 59.4 Å². The quantitative estimate of drug-likeness (QED) is 0.342. The average Bonchev–Trinajstić information content (AvgIpc) is 3.47. The molecular formula is C29H29N3OS.